The first-order valence-electron chi connectivity index (χ1n) is 10.7. The van der Waals surface area contributed by atoms with E-state index in [1.165, 1.54) is 83.5 Å². The Bertz CT molecular complexity index is 477. The van der Waals surface area contributed by atoms with Crippen molar-refractivity contribution in [3.8, 4) is 0 Å². The zero-order valence-electron chi connectivity index (χ0n) is 16.7. The van der Waals surface area contributed by atoms with Gasteiger partial charge in [0.15, 0.2) is 0 Å². The van der Waals surface area contributed by atoms with Gasteiger partial charge in [-0.25, -0.2) is 0 Å². The Hall–Kier alpha value is -1.58. The van der Waals surface area contributed by atoms with Crippen molar-refractivity contribution in [2.45, 2.75) is 96.8 Å². The Balaban J connectivity index is 1.88. The van der Waals surface area contributed by atoms with E-state index in [2.05, 4.69) is 12.2 Å². The standard InChI is InChI=1S/C22H38N2O2/c1-2-3-4-5-6-7-8-9-10-11-12-13-14-17-20-23-21-18-15-16-19-22(21)24(25)26/h15-16,18-19,23H,2-14,17,20H2,1H3. The van der Waals surface area contributed by atoms with Crippen molar-refractivity contribution in [1.29, 1.82) is 0 Å². The Morgan fingerprint density at radius 3 is 1.73 bits per heavy atom. The van der Waals surface area contributed by atoms with E-state index in [4.69, 9.17) is 0 Å². The average Bonchev–Trinajstić information content (AvgIpc) is 2.65. The van der Waals surface area contributed by atoms with E-state index >= 15 is 0 Å². The first kappa shape index (κ1) is 22.5. The number of nitro groups is 1. The smallest absolute Gasteiger partial charge is 0.292 e. The highest BCUT2D eigenvalue weighted by Crippen LogP contribution is 2.23. The predicted octanol–water partition coefficient (Wildman–Crippen LogP) is 7.49. The summed E-state index contributed by atoms with van der Waals surface area (Å²) < 4.78 is 0. The molecule has 1 N–H and O–H groups in total. The molecule has 0 bridgehead atoms. The summed E-state index contributed by atoms with van der Waals surface area (Å²) in [4.78, 5) is 10.6. The molecule has 0 atom stereocenters. The third-order valence-electron chi connectivity index (χ3n) is 4.95. The number of unbranched alkanes of at least 4 members (excludes halogenated alkanes) is 13. The summed E-state index contributed by atoms with van der Waals surface area (Å²) in [5.41, 5.74) is 0.796. The number of rotatable bonds is 17. The zero-order chi connectivity index (χ0) is 18.9. The van der Waals surface area contributed by atoms with Crippen molar-refractivity contribution in [2.75, 3.05) is 11.9 Å². The first-order chi connectivity index (χ1) is 12.8. The molecule has 1 aromatic rings. The normalized spacial score (nSPS) is 10.8. The van der Waals surface area contributed by atoms with Crippen LogP contribution in [0.5, 0.6) is 0 Å². The van der Waals surface area contributed by atoms with E-state index in [1.54, 1.807) is 18.2 Å². The molecule has 4 heteroatoms. The summed E-state index contributed by atoms with van der Waals surface area (Å²) in [5, 5.41) is 14.1. The number of nitrogens with zero attached hydrogens (tertiary/aromatic N) is 1. The quantitative estimate of drug-likeness (QED) is 0.177. The molecule has 0 saturated carbocycles. The molecule has 0 spiro atoms. The fourth-order valence-electron chi connectivity index (χ4n) is 3.32. The molecular weight excluding hydrogens is 324 g/mol. The van der Waals surface area contributed by atoms with Gasteiger partial charge in [-0.3, -0.25) is 10.1 Å². The largest absolute Gasteiger partial charge is 0.379 e. The van der Waals surface area contributed by atoms with E-state index in [0.717, 1.165) is 13.0 Å². The maximum atomic E-state index is 10.9. The molecule has 4 nitrogen and oxygen atoms in total. The van der Waals surface area contributed by atoms with Crippen LogP contribution in [0.1, 0.15) is 96.8 Å². The highest BCUT2D eigenvalue weighted by atomic mass is 16.6. The minimum absolute atomic E-state index is 0.165. The molecule has 0 aliphatic rings. The summed E-state index contributed by atoms with van der Waals surface area (Å²) in [7, 11) is 0. The van der Waals surface area contributed by atoms with Crippen LogP contribution in [0, 0.1) is 10.1 Å². The first-order valence-corrected chi connectivity index (χ1v) is 10.7. The van der Waals surface area contributed by atoms with Crippen molar-refractivity contribution < 1.29 is 4.92 Å². The van der Waals surface area contributed by atoms with E-state index < -0.39 is 0 Å². The number of benzene rings is 1. The Kier molecular flexibility index (Phi) is 13.5. The van der Waals surface area contributed by atoms with Gasteiger partial charge in [-0.15, -0.1) is 0 Å². The van der Waals surface area contributed by atoms with Crippen LogP contribution in [0.3, 0.4) is 0 Å². The van der Waals surface area contributed by atoms with Gasteiger partial charge in [-0.05, 0) is 12.5 Å². The molecule has 0 aliphatic carbocycles. The van der Waals surface area contributed by atoms with Gasteiger partial charge in [0.05, 0.1) is 4.92 Å². The third kappa shape index (κ3) is 11.1. The van der Waals surface area contributed by atoms with E-state index in [-0.39, 0.29) is 10.6 Å². The SMILES string of the molecule is CCCCCCCCCCCCCCCCNc1ccccc1[N+](=O)[O-]. The van der Waals surface area contributed by atoms with Crippen LogP contribution in [0.15, 0.2) is 24.3 Å². The molecule has 0 amide bonds. The van der Waals surface area contributed by atoms with Gasteiger partial charge in [-0.1, -0.05) is 103 Å². The number of nitro benzene ring substituents is 1. The Morgan fingerprint density at radius 2 is 1.23 bits per heavy atom. The number of para-hydroxylation sites is 2. The van der Waals surface area contributed by atoms with Crippen LogP contribution in [-0.4, -0.2) is 11.5 Å². The van der Waals surface area contributed by atoms with Crippen LogP contribution in [-0.2, 0) is 0 Å². The minimum Gasteiger partial charge on any atom is -0.379 e. The average molecular weight is 363 g/mol. The van der Waals surface area contributed by atoms with Crippen molar-refractivity contribution in [3.05, 3.63) is 34.4 Å². The maximum absolute atomic E-state index is 10.9. The van der Waals surface area contributed by atoms with Crippen LogP contribution >= 0.6 is 0 Å². The highest BCUT2D eigenvalue weighted by Gasteiger charge is 2.10. The minimum atomic E-state index is -0.326. The second-order valence-electron chi connectivity index (χ2n) is 7.30. The van der Waals surface area contributed by atoms with Crippen molar-refractivity contribution in [2.24, 2.45) is 0 Å². The molecule has 148 valence electrons. The lowest BCUT2D eigenvalue weighted by atomic mass is 10.0. The third-order valence-corrected chi connectivity index (χ3v) is 4.95. The molecule has 0 aliphatic heterocycles. The van der Waals surface area contributed by atoms with Crippen molar-refractivity contribution in [1.82, 2.24) is 0 Å². The summed E-state index contributed by atoms with van der Waals surface area (Å²) in [6.45, 7) is 3.08. The Labute approximate surface area is 159 Å². The van der Waals surface area contributed by atoms with Gasteiger partial charge < -0.3 is 5.32 Å². The van der Waals surface area contributed by atoms with Crippen molar-refractivity contribution >= 4 is 11.4 Å². The van der Waals surface area contributed by atoms with Crippen LogP contribution in [0.2, 0.25) is 0 Å². The van der Waals surface area contributed by atoms with Crippen molar-refractivity contribution in [3.63, 3.8) is 0 Å². The maximum Gasteiger partial charge on any atom is 0.292 e. The molecule has 1 aromatic carbocycles. The predicted molar refractivity (Wildman–Crippen MR) is 112 cm³/mol. The van der Waals surface area contributed by atoms with Crippen LogP contribution in [0.25, 0.3) is 0 Å². The molecule has 26 heavy (non-hydrogen) atoms. The monoisotopic (exact) mass is 362 g/mol. The highest BCUT2D eigenvalue weighted by molar-refractivity contribution is 5.60. The van der Waals surface area contributed by atoms with Crippen LogP contribution in [0.4, 0.5) is 11.4 Å². The van der Waals surface area contributed by atoms with Gasteiger partial charge in [0.25, 0.3) is 5.69 Å². The van der Waals surface area contributed by atoms with Gasteiger partial charge in [0, 0.05) is 12.6 Å². The zero-order valence-corrected chi connectivity index (χ0v) is 16.7. The lowest BCUT2D eigenvalue weighted by molar-refractivity contribution is -0.384. The van der Waals surface area contributed by atoms with E-state index in [1.807, 2.05) is 6.07 Å². The lowest BCUT2D eigenvalue weighted by Gasteiger charge is -2.07. The van der Waals surface area contributed by atoms with Gasteiger partial charge in [0.2, 0.25) is 0 Å². The molecule has 0 aromatic heterocycles. The molecule has 0 heterocycles. The molecule has 0 unspecified atom stereocenters. The lowest BCUT2D eigenvalue weighted by Crippen LogP contribution is -2.04. The van der Waals surface area contributed by atoms with E-state index in [9.17, 15) is 10.1 Å². The number of hydrogen-bond donors (Lipinski definition) is 1. The second kappa shape index (κ2) is 15.7. The van der Waals surface area contributed by atoms with E-state index in [0.29, 0.717) is 5.69 Å². The van der Waals surface area contributed by atoms with Gasteiger partial charge >= 0.3 is 0 Å². The van der Waals surface area contributed by atoms with Crippen LogP contribution < -0.4 is 5.32 Å². The molecule has 0 saturated heterocycles. The van der Waals surface area contributed by atoms with Gasteiger partial charge in [-0.2, -0.15) is 0 Å². The topological polar surface area (TPSA) is 55.2 Å². The van der Waals surface area contributed by atoms with Gasteiger partial charge in [0.1, 0.15) is 5.69 Å². The number of hydrogen-bond acceptors (Lipinski definition) is 3. The fraction of sp³-hybridized carbons (Fsp3) is 0.727. The fourth-order valence-corrected chi connectivity index (χ4v) is 3.32. The molecule has 0 radical (unpaired) electrons. The summed E-state index contributed by atoms with van der Waals surface area (Å²) in [6, 6.07) is 6.87. The Morgan fingerprint density at radius 1 is 0.769 bits per heavy atom. The number of nitrogens with one attached hydrogen (secondary N) is 1. The number of anilines is 1. The molecule has 0 fully saturated rings. The summed E-state index contributed by atoms with van der Waals surface area (Å²) >= 11 is 0. The molecular formula is C22H38N2O2. The molecule has 1 rings (SSSR count). The second-order valence-corrected chi connectivity index (χ2v) is 7.30. The summed E-state index contributed by atoms with van der Waals surface area (Å²) in [6.07, 6.45) is 18.8. The summed E-state index contributed by atoms with van der Waals surface area (Å²) in [5.74, 6) is 0.